The Morgan fingerprint density at radius 2 is 1.67 bits per heavy atom. The summed E-state index contributed by atoms with van der Waals surface area (Å²) in [5.74, 6) is 1.33. The van der Waals surface area contributed by atoms with Crippen molar-refractivity contribution in [2.45, 2.75) is 33.7 Å². The molecular formula is C14H29N3O. The Kier molecular flexibility index (Phi) is 6.09. The molecule has 106 valence electrons. The summed E-state index contributed by atoms with van der Waals surface area (Å²) in [6, 6.07) is 0.536. The van der Waals surface area contributed by atoms with Crippen LogP contribution in [0.5, 0.6) is 0 Å². The van der Waals surface area contributed by atoms with Gasteiger partial charge in [-0.1, -0.05) is 27.7 Å². The molecule has 1 aliphatic rings. The van der Waals surface area contributed by atoms with Crippen LogP contribution >= 0.6 is 0 Å². The second-order valence-electron chi connectivity index (χ2n) is 6.31. The maximum absolute atomic E-state index is 12.3. The number of likely N-dealkylation sites (N-methyl/N-ethyl adjacent to an activating group) is 1. The maximum atomic E-state index is 12.3. The van der Waals surface area contributed by atoms with Crippen LogP contribution in [0.3, 0.4) is 0 Å². The van der Waals surface area contributed by atoms with Gasteiger partial charge in [-0.15, -0.1) is 0 Å². The molecule has 4 nitrogen and oxygen atoms in total. The predicted molar refractivity (Wildman–Crippen MR) is 75.5 cm³/mol. The van der Waals surface area contributed by atoms with Crippen LogP contribution < -0.4 is 5.32 Å². The van der Waals surface area contributed by atoms with Gasteiger partial charge in [-0.25, -0.2) is 0 Å². The lowest BCUT2D eigenvalue weighted by molar-refractivity contribution is -0.133. The van der Waals surface area contributed by atoms with Gasteiger partial charge in [0.05, 0.1) is 6.54 Å². The third-order valence-corrected chi connectivity index (χ3v) is 3.29. The van der Waals surface area contributed by atoms with E-state index in [-0.39, 0.29) is 5.91 Å². The molecule has 0 atom stereocenters. The largest absolute Gasteiger partial charge is 0.341 e. The minimum absolute atomic E-state index is 0.270. The van der Waals surface area contributed by atoms with Crippen molar-refractivity contribution in [2.75, 3.05) is 39.8 Å². The summed E-state index contributed by atoms with van der Waals surface area (Å²) in [5, 5.41) is 3.24. The minimum Gasteiger partial charge on any atom is -0.341 e. The van der Waals surface area contributed by atoms with Crippen LogP contribution in [0.4, 0.5) is 0 Å². The van der Waals surface area contributed by atoms with Crippen LogP contribution in [0.15, 0.2) is 0 Å². The van der Waals surface area contributed by atoms with E-state index in [9.17, 15) is 4.79 Å². The Bertz CT molecular complexity index is 252. The first-order valence-electron chi connectivity index (χ1n) is 7.08. The van der Waals surface area contributed by atoms with Gasteiger partial charge in [-0.05, 0) is 18.9 Å². The van der Waals surface area contributed by atoms with Crippen molar-refractivity contribution in [3.8, 4) is 0 Å². The highest BCUT2D eigenvalue weighted by atomic mass is 16.2. The van der Waals surface area contributed by atoms with Crippen molar-refractivity contribution >= 4 is 5.91 Å². The second kappa shape index (κ2) is 7.10. The Morgan fingerprint density at radius 3 is 2.00 bits per heavy atom. The average Bonchev–Trinajstić information content (AvgIpc) is 2.11. The molecule has 0 aromatic carbocycles. The molecular weight excluding hydrogens is 226 g/mol. The van der Waals surface area contributed by atoms with Gasteiger partial charge in [0, 0.05) is 32.2 Å². The molecule has 0 aromatic heterocycles. The maximum Gasteiger partial charge on any atom is 0.236 e. The number of hydrogen-bond donors (Lipinski definition) is 1. The molecule has 0 unspecified atom stereocenters. The summed E-state index contributed by atoms with van der Waals surface area (Å²) in [6.07, 6.45) is 0. The van der Waals surface area contributed by atoms with Crippen LogP contribution in [0.2, 0.25) is 0 Å². The molecule has 1 fully saturated rings. The molecule has 0 aliphatic carbocycles. The molecule has 18 heavy (non-hydrogen) atoms. The number of carbonyl (C=O) groups excluding carboxylic acids is 1. The number of nitrogens with one attached hydrogen (secondary N) is 1. The predicted octanol–water partition coefficient (Wildman–Crippen LogP) is 1.03. The van der Waals surface area contributed by atoms with E-state index in [0.29, 0.717) is 24.4 Å². The third kappa shape index (κ3) is 4.94. The molecule has 0 spiro atoms. The van der Waals surface area contributed by atoms with Gasteiger partial charge in [0.1, 0.15) is 0 Å². The molecule has 1 rings (SSSR count). The molecule has 0 radical (unpaired) electrons. The van der Waals surface area contributed by atoms with Gasteiger partial charge >= 0.3 is 0 Å². The van der Waals surface area contributed by atoms with Crippen LogP contribution in [0, 0.1) is 11.8 Å². The van der Waals surface area contributed by atoms with Crippen molar-refractivity contribution < 1.29 is 4.79 Å². The van der Waals surface area contributed by atoms with E-state index in [1.54, 1.807) is 0 Å². The number of rotatable bonds is 7. The highest BCUT2D eigenvalue weighted by Gasteiger charge is 2.25. The fourth-order valence-electron chi connectivity index (χ4n) is 2.19. The molecule has 0 saturated carbocycles. The molecule has 1 aliphatic heterocycles. The summed E-state index contributed by atoms with van der Waals surface area (Å²) in [6.45, 7) is 13.0. The van der Waals surface area contributed by atoms with E-state index < -0.39 is 0 Å². The smallest absolute Gasteiger partial charge is 0.236 e. The normalized spacial score (nSPS) is 16.4. The molecule has 1 amide bonds. The number of nitrogens with zero attached hydrogens (tertiary/aromatic N) is 2. The Morgan fingerprint density at radius 1 is 1.17 bits per heavy atom. The zero-order valence-electron chi connectivity index (χ0n) is 12.6. The highest BCUT2D eigenvalue weighted by molar-refractivity contribution is 5.78. The Hall–Kier alpha value is -0.610. The zero-order valence-corrected chi connectivity index (χ0v) is 12.6. The molecule has 1 heterocycles. The van der Waals surface area contributed by atoms with Gasteiger partial charge < -0.3 is 10.2 Å². The van der Waals surface area contributed by atoms with E-state index in [0.717, 1.165) is 26.2 Å². The van der Waals surface area contributed by atoms with Gasteiger partial charge in [0.25, 0.3) is 0 Å². The molecule has 0 aromatic rings. The van der Waals surface area contributed by atoms with Gasteiger partial charge in [0.2, 0.25) is 5.91 Å². The first-order chi connectivity index (χ1) is 8.40. The van der Waals surface area contributed by atoms with Crippen LogP contribution in [0.25, 0.3) is 0 Å². The van der Waals surface area contributed by atoms with Crippen molar-refractivity contribution in [3.05, 3.63) is 0 Å². The molecule has 4 heteroatoms. The summed E-state index contributed by atoms with van der Waals surface area (Å²) in [4.78, 5) is 16.5. The number of amides is 1. The SMILES string of the molecule is CC(C)CN(CC(C)C)C(=O)CN(C)C1CNC1. The standard InChI is InChI=1S/C14H29N3O/c1-11(2)8-17(9-12(3)4)14(18)10-16(5)13-6-15-7-13/h11-13,15H,6-10H2,1-5H3. The van der Waals surface area contributed by atoms with Crippen molar-refractivity contribution in [1.82, 2.24) is 15.1 Å². The van der Waals surface area contributed by atoms with E-state index >= 15 is 0 Å². The van der Waals surface area contributed by atoms with Crippen LogP contribution in [0.1, 0.15) is 27.7 Å². The topological polar surface area (TPSA) is 35.6 Å². The fraction of sp³-hybridized carbons (Fsp3) is 0.929. The van der Waals surface area contributed by atoms with E-state index in [4.69, 9.17) is 0 Å². The molecule has 1 saturated heterocycles. The summed E-state index contributed by atoms with van der Waals surface area (Å²) >= 11 is 0. The lowest BCUT2D eigenvalue weighted by atomic mass is 10.1. The molecule has 1 N–H and O–H groups in total. The van der Waals surface area contributed by atoms with Crippen molar-refractivity contribution in [2.24, 2.45) is 11.8 Å². The summed E-state index contributed by atoms with van der Waals surface area (Å²) in [7, 11) is 2.05. The number of hydrogen-bond acceptors (Lipinski definition) is 3. The van der Waals surface area contributed by atoms with Gasteiger partial charge in [0.15, 0.2) is 0 Å². The Balaban J connectivity index is 2.46. The summed E-state index contributed by atoms with van der Waals surface area (Å²) in [5.41, 5.74) is 0. The zero-order chi connectivity index (χ0) is 13.7. The van der Waals surface area contributed by atoms with Gasteiger partial charge in [-0.3, -0.25) is 9.69 Å². The molecule has 0 bridgehead atoms. The quantitative estimate of drug-likeness (QED) is 0.738. The highest BCUT2D eigenvalue weighted by Crippen LogP contribution is 2.07. The van der Waals surface area contributed by atoms with Crippen molar-refractivity contribution in [1.29, 1.82) is 0 Å². The van der Waals surface area contributed by atoms with Crippen LogP contribution in [-0.2, 0) is 4.79 Å². The Labute approximate surface area is 112 Å². The first kappa shape index (κ1) is 15.4. The lowest BCUT2D eigenvalue weighted by Gasteiger charge is -2.36. The van der Waals surface area contributed by atoms with E-state index in [1.807, 2.05) is 11.9 Å². The second-order valence-corrected chi connectivity index (χ2v) is 6.31. The first-order valence-corrected chi connectivity index (χ1v) is 7.08. The number of carbonyl (C=O) groups is 1. The van der Waals surface area contributed by atoms with E-state index in [1.165, 1.54) is 0 Å². The van der Waals surface area contributed by atoms with E-state index in [2.05, 4.69) is 37.9 Å². The monoisotopic (exact) mass is 255 g/mol. The lowest BCUT2D eigenvalue weighted by Crippen LogP contribution is -2.58. The van der Waals surface area contributed by atoms with Crippen molar-refractivity contribution in [3.63, 3.8) is 0 Å². The van der Waals surface area contributed by atoms with Gasteiger partial charge in [-0.2, -0.15) is 0 Å². The fourth-order valence-corrected chi connectivity index (χ4v) is 2.19. The third-order valence-electron chi connectivity index (χ3n) is 3.29. The minimum atomic E-state index is 0.270. The summed E-state index contributed by atoms with van der Waals surface area (Å²) < 4.78 is 0. The van der Waals surface area contributed by atoms with Crippen LogP contribution in [-0.4, -0.2) is 61.5 Å². The average molecular weight is 255 g/mol.